The van der Waals surface area contributed by atoms with Crippen molar-refractivity contribution in [1.29, 1.82) is 0 Å². The van der Waals surface area contributed by atoms with Gasteiger partial charge in [0.25, 0.3) is 0 Å². The third kappa shape index (κ3) is 4.17. The summed E-state index contributed by atoms with van der Waals surface area (Å²) in [4.78, 5) is 26.2. The Bertz CT molecular complexity index is 812. The molecule has 1 fully saturated rings. The van der Waals surface area contributed by atoms with Gasteiger partial charge in [-0.3, -0.25) is 10.1 Å². The van der Waals surface area contributed by atoms with Gasteiger partial charge in [0.1, 0.15) is 0 Å². The van der Waals surface area contributed by atoms with Gasteiger partial charge in [-0.05, 0) is 61.2 Å². The van der Waals surface area contributed by atoms with Gasteiger partial charge in [0.2, 0.25) is 0 Å². The lowest BCUT2D eigenvalue weighted by atomic mass is 9.96. The van der Waals surface area contributed by atoms with Crippen LogP contribution in [0.4, 0.5) is 16.2 Å². The summed E-state index contributed by atoms with van der Waals surface area (Å²) >= 11 is 5.92. The number of nitrogens with zero attached hydrogens (tertiary/aromatic N) is 1. The number of hydrogen-bond donors (Lipinski definition) is 2. The highest BCUT2D eigenvalue weighted by Crippen LogP contribution is 2.30. The first-order valence-electron chi connectivity index (χ1n) is 8.63. The quantitative estimate of drug-likeness (QED) is 0.749. The SMILES string of the molecule is CC1CCN(c2ccc(NC(=O)O)cc2C(=O)c2ccc(Cl)cc2)CC1. The minimum Gasteiger partial charge on any atom is -0.465 e. The van der Waals surface area contributed by atoms with E-state index in [9.17, 15) is 9.59 Å². The Morgan fingerprint density at radius 1 is 1.12 bits per heavy atom. The smallest absolute Gasteiger partial charge is 0.409 e. The first kappa shape index (κ1) is 18.3. The number of rotatable bonds is 4. The molecule has 2 N–H and O–H groups in total. The molecule has 0 bridgehead atoms. The second kappa shape index (κ2) is 7.79. The van der Waals surface area contributed by atoms with Gasteiger partial charge in [0.15, 0.2) is 5.78 Å². The van der Waals surface area contributed by atoms with E-state index in [-0.39, 0.29) is 5.78 Å². The van der Waals surface area contributed by atoms with E-state index in [0.717, 1.165) is 31.6 Å². The molecule has 2 aromatic carbocycles. The average Bonchev–Trinajstić information content (AvgIpc) is 2.62. The average molecular weight is 373 g/mol. The standard InChI is InChI=1S/C20H21ClN2O3/c1-13-8-10-23(11-9-13)18-7-6-16(22-20(25)26)12-17(18)19(24)14-2-4-15(21)5-3-14/h2-7,12-13,22H,8-11H2,1H3,(H,25,26). The zero-order valence-electron chi connectivity index (χ0n) is 14.5. The summed E-state index contributed by atoms with van der Waals surface area (Å²) in [6.07, 6.45) is 0.988. The molecule has 1 amide bonds. The van der Waals surface area contributed by atoms with E-state index in [1.807, 2.05) is 6.07 Å². The van der Waals surface area contributed by atoms with Crippen LogP contribution < -0.4 is 10.2 Å². The maximum atomic E-state index is 13.1. The molecule has 1 aliphatic heterocycles. The maximum Gasteiger partial charge on any atom is 0.409 e. The summed E-state index contributed by atoms with van der Waals surface area (Å²) in [5, 5.41) is 11.9. The molecule has 1 aliphatic rings. The first-order chi connectivity index (χ1) is 12.4. The summed E-state index contributed by atoms with van der Waals surface area (Å²) in [7, 11) is 0. The van der Waals surface area contributed by atoms with E-state index >= 15 is 0 Å². The molecular weight excluding hydrogens is 352 g/mol. The van der Waals surface area contributed by atoms with Crippen LogP contribution in [0.5, 0.6) is 0 Å². The van der Waals surface area contributed by atoms with Crippen molar-refractivity contribution >= 4 is 34.9 Å². The lowest BCUT2D eigenvalue weighted by Crippen LogP contribution is -2.34. The number of ketones is 1. The van der Waals surface area contributed by atoms with Crippen molar-refractivity contribution < 1.29 is 14.7 Å². The van der Waals surface area contributed by atoms with Crippen LogP contribution >= 0.6 is 11.6 Å². The Balaban J connectivity index is 1.99. The largest absolute Gasteiger partial charge is 0.465 e. The Morgan fingerprint density at radius 2 is 1.77 bits per heavy atom. The summed E-state index contributed by atoms with van der Waals surface area (Å²) in [6.45, 7) is 4.00. The highest BCUT2D eigenvalue weighted by atomic mass is 35.5. The molecule has 1 heterocycles. The number of halogens is 1. The number of carboxylic acid groups (broad SMARTS) is 1. The van der Waals surface area contributed by atoms with E-state index in [2.05, 4.69) is 17.1 Å². The molecule has 26 heavy (non-hydrogen) atoms. The van der Waals surface area contributed by atoms with Gasteiger partial charge in [-0.15, -0.1) is 0 Å². The van der Waals surface area contributed by atoms with Gasteiger partial charge in [0, 0.05) is 40.6 Å². The number of carbonyl (C=O) groups is 2. The van der Waals surface area contributed by atoms with Crippen molar-refractivity contribution in [3.05, 3.63) is 58.6 Å². The molecule has 1 saturated heterocycles. The maximum absolute atomic E-state index is 13.1. The second-order valence-corrected chi connectivity index (χ2v) is 7.10. The van der Waals surface area contributed by atoms with Gasteiger partial charge in [-0.1, -0.05) is 18.5 Å². The number of amides is 1. The lowest BCUT2D eigenvalue weighted by molar-refractivity contribution is 0.103. The zero-order valence-corrected chi connectivity index (χ0v) is 15.3. The van der Waals surface area contributed by atoms with E-state index in [1.165, 1.54) is 0 Å². The highest BCUT2D eigenvalue weighted by Gasteiger charge is 2.22. The third-order valence-corrected chi connectivity index (χ3v) is 4.98. The monoisotopic (exact) mass is 372 g/mol. The number of hydrogen-bond acceptors (Lipinski definition) is 3. The normalized spacial score (nSPS) is 14.9. The fraction of sp³-hybridized carbons (Fsp3) is 0.300. The fourth-order valence-electron chi connectivity index (χ4n) is 3.20. The number of benzene rings is 2. The molecule has 136 valence electrons. The summed E-state index contributed by atoms with van der Waals surface area (Å²) in [6, 6.07) is 11.9. The third-order valence-electron chi connectivity index (χ3n) is 4.72. The molecule has 0 spiro atoms. The molecule has 0 aliphatic carbocycles. The Labute approximate surface area is 157 Å². The second-order valence-electron chi connectivity index (χ2n) is 6.67. The van der Waals surface area contributed by atoms with Crippen molar-refractivity contribution in [2.45, 2.75) is 19.8 Å². The minimum atomic E-state index is -1.16. The molecule has 0 aromatic heterocycles. The molecule has 3 rings (SSSR count). The number of carbonyl (C=O) groups excluding carboxylic acids is 1. The van der Waals surface area contributed by atoms with Crippen molar-refractivity contribution in [2.75, 3.05) is 23.3 Å². The molecule has 5 nitrogen and oxygen atoms in total. The van der Waals surface area contributed by atoms with Crippen molar-refractivity contribution in [3.63, 3.8) is 0 Å². The predicted molar refractivity (Wildman–Crippen MR) is 104 cm³/mol. The highest BCUT2D eigenvalue weighted by molar-refractivity contribution is 6.30. The zero-order chi connectivity index (χ0) is 18.7. The molecule has 0 atom stereocenters. The van der Waals surface area contributed by atoms with Crippen LogP contribution in [0.3, 0.4) is 0 Å². The number of piperidine rings is 1. The van der Waals surface area contributed by atoms with Crippen molar-refractivity contribution in [2.24, 2.45) is 5.92 Å². The molecule has 6 heteroatoms. The predicted octanol–water partition coefficient (Wildman–Crippen LogP) is 4.90. The Hall–Kier alpha value is -2.53. The van der Waals surface area contributed by atoms with Gasteiger partial charge in [-0.25, -0.2) is 4.79 Å². The number of nitrogens with one attached hydrogen (secondary N) is 1. The van der Waals surface area contributed by atoms with Gasteiger partial charge in [-0.2, -0.15) is 0 Å². The Morgan fingerprint density at radius 3 is 2.38 bits per heavy atom. The van der Waals surface area contributed by atoms with Gasteiger partial charge < -0.3 is 10.0 Å². The lowest BCUT2D eigenvalue weighted by Gasteiger charge is -2.33. The molecule has 0 saturated carbocycles. The molecule has 2 aromatic rings. The van der Waals surface area contributed by atoms with Crippen LogP contribution in [0.25, 0.3) is 0 Å². The topological polar surface area (TPSA) is 69.6 Å². The van der Waals surface area contributed by atoms with E-state index in [0.29, 0.717) is 27.8 Å². The molecule has 0 radical (unpaired) electrons. The van der Waals surface area contributed by atoms with Gasteiger partial charge in [0.05, 0.1) is 0 Å². The first-order valence-corrected chi connectivity index (χ1v) is 9.01. The molecule has 0 unspecified atom stereocenters. The van der Waals surface area contributed by atoms with Crippen LogP contribution in [-0.2, 0) is 0 Å². The number of anilines is 2. The van der Waals surface area contributed by atoms with Crippen LogP contribution in [0.1, 0.15) is 35.7 Å². The van der Waals surface area contributed by atoms with Crippen LogP contribution in [-0.4, -0.2) is 30.1 Å². The Kier molecular flexibility index (Phi) is 5.47. The fourth-order valence-corrected chi connectivity index (χ4v) is 3.33. The summed E-state index contributed by atoms with van der Waals surface area (Å²) in [5.41, 5.74) is 2.23. The van der Waals surface area contributed by atoms with E-state index < -0.39 is 6.09 Å². The van der Waals surface area contributed by atoms with Gasteiger partial charge >= 0.3 is 6.09 Å². The molecular formula is C20H21ClN2O3. The van der Waals surface area contributed by atoms with Crippen LogP contribution in [0.15, 0.2) is 42.5 Å². The summed E-state index contributed by atoms with van der Waals surface area (Å²) in [5.74, 6) is 0.527. The van der Waals surface area contributed by atoms with Crippen LogP contribution in [0.2, 0.25) is 5.02 Å². The van der Waals surface area contributed by atoms with Crippen LogP contribution in [0, 0.1) is 5.92 Å². The van der Waals surface area contributed by atoms with Crippen molar-refractivity contribution in [1.82, 2.24) is 0 Å². The van der Waals surface area contributed by atoms with E-state index in [1.54, 1.807) is 36.4 Å². The van der Waals surface area contributed by atoms with E-state index in [4.69, 9.17) is 16.7 Å². The van der Waals surface area contributed by atoms with Crippen molar-refractivity contribution in [3.8, 4) is 0 Å². The summed E-state index contributed by atoms with van der Waals surface area (Å²) < 4.78 is 0. The minimum absolute atomic E-state index is 0.149.